The second-order valence-corrected chi connectivity index (χ2v) is 3.64. The van der Waals surface area contributed by atoms with Gasteiger partial charge in [0.25, 0.3) is 0 Å². The lowest BCUT2D eigenvalue weighted by Gasteiger charge is -2.02. The van der Waals surface area contributed by atoms with E-state index in [2.05, 4.69) is 21.1 Å². The average Bonchev–Trinajstić information content (AvgIpc) is 2.87. The maximum Gasteiger partial charge on any atom is 0.246 e. The van der Waals surface area contributed by atoms with Crippen LogP contribution in [0, 0.1) is 22.7 Å². The number of carbonyl (C=O) groups is 1. The van der Waals surface area contributed by atoms with Crippen LogP contribution < -0.4 is 10.9 Å². The summed E-state index contributed by atoms with van der Waals surface area (Å²) in [5, 5.41) is 24.6. The molecule has 1 amide bonds. The Morgan fingerprint density at radius 3 is 2.53 bits per heavy atom. The number of nitrogens with one attached hydrogen (secondary N) is 2. The molecular formula is C12H8N6O. The molecular weight excluding hydrogens is 244 g/mol. The third-order valence-electron chi connectivity index (χ3n) is 2.37. The molecule has 19 heavy (non-hydrogen) atoms. The number of rotatable bonds is 3. The summed E-state index contributed by atoms with van der Waals surface area (Å²) in [7, 11) is 0. The lowest BCUT2D eigenvalue weighted by atomic mass is 10.1. The van der Waals surface area contributed by atoms with E-state index in [1.54, 1.807) is 36.4 Å². The normalized spacial score (nSPS) is 12.7. The summed E-state index contributed by atoms with van der Waals surface area (Å²) >= 11 is 0. The Labute approximate surface area is 108 Å². The maximum atomic E-state index is 11.0. The van der Waals surface area contributed by atoms with Gasteiger partial charge in [0.15, 0.2) is 0 Å². The van der Waals surface area contributed by atoms with Crippen molar-refractivity contribution in [3.63, 3.8) is 0 Å². The van der Waals surface area contributed by atoms with E-state index in [0.29, 0.717) is 11.4 Å². The van der Waals surface area contributed by atoms with Crippen molar-refractivity contribution in [1.82, 2.24) is 5.43 Å². The van der Waals surface area contributed by atoms with Gasteiger partial charge < -0.3 is 0 Å². The summed E-state index contributed by atoms with van der Waals surface area (Å²) in [6.07, 6.45) is 0.262. The van der Waals surface area contributed by atoms with Crippen LogP contribution in [0.15, 0.2) is 34.5 Å². The number of amides is 1. The van der Waals surface area contributed by atoms with Gasteiger partial charge in [-0.15, -0.1) is 0 Å². The molecule has 0 bridgehead atoms. The molecule has 0 saturated heterocycles. The van der Waals surface area contributed by atoms with E-state index in [-0.39, 0.29) is 18.0 Å². The fraction of sp³-hybridized carbons (Fsp3) is 0.0833. The minimum atomic E-state index is -0.251. The third kappa shape index (κ3) is 2.93. The van der Waals surface area contributed by atoms with Crippen molar-refractivity contribution in [2.45, 2.75) is 6.42 Å². The smallest absolute Gasteiger partial charge is 0.246 e. The van der Waals surface area contributed by atoms with Crippen LogP contribution in [0.25, 0.3) is 0 Å². The topological polar surface area (TPSA) is 113 Å². The Morgan fingerprint density at radius 1 is 1.32 bits per heavy atom. The molecule has 0 atom stereocenters. The molecule has 0 aromatic heterocycles. The van der Waals surface area contributed by atoms with Crippen molar-refractivity contribution in [2.75, 3.05) is 5.43 Å². The molecule has 0 saturated carbocycles. The van der Waals surface area contributed by atoms with Crippen molar-refractivity contribution in [3.05, 3.63) is 29.8 Å². The highest BCUT2D eigenvalue weighted by atomic mass is 16.2. The second kappa shape index (κ2) is 5.43. The van der Waals surface area contributed by atoms with Gasteiger partial charge in [-0.05, 0) is 17.7 Å². The lowest BCUT2D eigenvalue weighted by Crippen LogP contribution is -2.09. The Kier molecular flexibility index (Phi) is 3.51. The van der Waals surface area contributed by atoms with Gasteiger partial charge in [-0.25, -0.2) is 5.43 Å². The van der Waals surface area contributed by atoms with Crippen LogP contribution >= 0.6 is 0 Å². The van der Waals surface area contributed by atoms with E-state index >= 15 is 0 Å². The number of hydrazone groups is 2. The molecule has 0 unspecified atom stereocenters. The van der Waals surface area contributed by atoms with Crippen LogP contribution in [0.5, 0.6) is 0 Å². The fourth-order valence-electron chi connectivity index (χ4n) is 1.46. The van der Waals surface area contributed by atoms with E-state index < -0.39 is 0 Å². The van der Waals surface area contributed by atoms with Crippen molar-refractivity contribution >= 4 is 23.0 Å². The van der Waals surface area contributed by atoms with Crippen LogP contribution in [0.2, 0.25) is 0 Å². The number of nitriles is 2. The van der Waals surface area contributed by atoms with E-state index in [9.17, 15) is 4.79 Å². The van der Waals surface area contributed by atoms with Crippen molar-refractivity contribution in [2.24, 2.45) is 10.2 Å². The van der Waals surface area contributed by atoms with Gasteiger partial charge >= 0.3 is 0 Å². The summed E-state index contributed by atoms with van der Waals surface area (Å²) in [5.41, 5.74) is 6.85. The van der Waals surface area contributed by atoms with Crippen LogP contribution in [0.1, 0.15) is 12.0 Å². The Balaban J connectivity index is 2.08. The van der Waals surface area contributed by atoms with E-state index in [1.807, 2.05) is 0 Å². The first kappa shape index (κ1) is 12.3. The van der Waals surface area contributed by atoms with Crippen LogP contribution in [0.4, 0.5) is 5.69 Å². The highest BCUT2D eigenvalue weighted by Crippen LogP contribution is 2.13. The molecule has 0 spiro atoms. The minimum absolute atomic E-state index is 0.130. The number of anilines is 1. The van der Waals surface area contributed by atoms with Crippen molar-refractivity contribution in [3.8, 4) is 12.1 Å². The molecule has 7 heteroatoms. The lowest BCUT2D eigenvalue weighted by molar-refractivity contribution is -0.119. The van der Waals surface area contributed by atoms with Crippen LogP contribution in [0.3, 0.4) is 0 Å². The van der Waals surface area contributed by atoms with Gasteiger partial charge in [-0.1, -0.05) is 12.1 Å². The summed E-state index contributed by atoms with van der Waals surface area (Å²) < 4.78 is 0. The molecule has 1 aliphatic rings. The molecule has 2 rings (SSSR count). The van der Waals surface area contributed by atoms with Crippen LogP contribution in [-0.4, -0.2) is 17.3 Å². The quantitative estimate of drug-likeness (QED) is 0.609. The SMILES string of the molecule is N#CC(C#N)=NNc1ccc(C2=NNC(=O)C2)cc1. The molecule has 1 aromatic carbocycles. The molecule has 1 heterocycles. The van der Waals surface area contributed by atoms with Gasteiger partial charge in [0.1, 0.15) is 12.1 Å². The zero-order chi connectivity index (χ0) is 13.7. The predicted molar refractivity (Wildman–Crippen MR) is 68.0 cm³/mol. The number of hydrogen-bond acceptors (Lipinski definition) is 6. The number of hydrogen-bond donors (Lipinski definition) is 2. The average molecular weight is 252 g/mol. The molecule has 0 fully saturated rings. The van der Waals surface area contributed by atoms with E-state index in [4.69, 9.17) is 10.5 Å². The number of nitrogens with zero attached hydrogens (tertiary/aromatic N) is 4. The zero-order valence-electron chi connectivity index (χ0n) is 9.71. The minimum Gasteiger partial charge on any atom is -0.277 e. The van der Waals surface area contributed by atoms with Crippen molar-refractivity contribution < 1.29 is 4.79 Å². The van der Waals surface area contributed by atoms with E-state index in [1.165, 1.54) is 0 Å². The van der Waals surface area contributed by atoms with Gasteiger partial charge in [0, 0.05) is 0 Å². The predicted octanol–water partition coefficient (Wildman–Crippen LogP) is 0.726. The standard InChI is InChI=1S/C12H8N6O/c13-6-10(7-14)16-15-9-3-1-8(2-4-9)11-5-12(19)18-17-11/h1-4,15H,5H2,(H,18,19). The highest BCUT2D eigenvalue weighted by molar-refractivity contribution is 6.13. The molecule has 2 N–H and O–H groups in total. The maximum absolute atomic E-state index is 11.0. The largest absolute Gasteiger partial charge is 0.277 e. The molecule has 92 valence electrons. The Hall–Kier alpha value is -3.19. The molecule has 0 radical (unpaired) electrons. The molecule has 1 aromatic rings. The zero-order valence-corrected chi connectivity index (χ0v) is 9.71. The number of benzene rings is 1. The molecule has 1 aliphatic heterocycles. The third-order valence-corrected chi connectivity index (χ3v) is 2.37. The summed E-state index contributed by atoms with van der Waals surface area (Å²) in [6.45, 7) is 0. The Morgan fingerprint density at radius 2 is 2.00 bits per heavy atom. The summed E-state index contributed by atoms with van der Waals surface area (Å²) in [5.74, 6) is -0.130. The van der Waals surface area contributed by atoms with E-state index in [0.717, 1.165) is 5.56 Å². The summed E-state index contributed by atoms with van der Waals surface area (Å²) in [4.78, 5) is 11.0. The van der Waals surface area contributed by atoms with Gasteiger partial charge in [-0.2, -0.15) is 20.7 Å². The summed E-state index contributed by atoms with van der Waals surface area (Å²) in [6, 6.07) is 10.3. The monoisotopic (exact) mass is 252 g/mol. The van der Waals surface area contributed by atoms with Gasteiger partial charge in [0.05, 0.1) is 17.8 Å². The van der Waals surface area contributed by atoms with Crippen molar-refractivity contribution in [1.29, 1.82) is 10.5 Å². The number of carbonyl (C=O) groups excluding carboxylic acids is 1. The first-order chi connectivity index (χ1) is 9.22. The second-order valence-electron chi connectivity index (χ2n) is 3.64. The highest BCUT2D eigenvalue weighted by Gasteiger charge is 2.15. The fourth-order valence-corrected chi connectivity index (χ4v) is 1.46. The molecule has 0 aliphatic carbocycles. The van der Waals surface area contributed by atoms with Crippen LogP contribution in [-0.2, 0) is 4.79 Å². The first-order valence-corrected chi connectivity index (χ1v) is 5.32. The Bertz CT molecular complexity index is 628. The van der Waals surface area contributed by atoms with Gasteiger partial charge in [-0.3, -0.25) is 10.2 Å². The first-order valence-electron chi connectivity index (χ1n) is 5.32. The molecule has 7 nitrogen and oxygen atoms in total. The van der Waals surface area contributed by atoms with Gasteiger partial charge in [0.2, 0.25) is 11.6 Å².